The highest BCUT2D eigenvalue weighted by molar-refractivity contribution is 5.81. The Hall–Kier alpha value is -2.20. The summed E-state index contributed by atoms with van der Waals surface area (Å²) in [5.74, 6) is -4.82. The molecule has 10 nitrogen and oxygen atoms in total. The number of carbonyl (C=O) groups is 4. The van der Waals surface area contributed by atoms with Crippen LogP contribution in [-0.2, 0) is 19.2 Å². The molecule has 0 saturated carbocycles. The van der Waals surface area contributed by atoms with Crippen molar-refractivity contribution in [2.24, 2.45) is 5.92 Å². The summed E-state index contributed by atoms with van der Waals surface area (Å²) >= 11 is 0. The second-order valence-electron chi connectivity index (χ2n) is 5.59. The predicted octanol–water partition coefficient (Wildman–Crippen LogP) is -0.562. The summed E-state index contributed by atoms with van der Waals surface area (Å²) in [5, 5.41) is 40.3. The first-order valence-corrected chi connectivity index (χ1v) is 7.49. The average molecular weight is 348 g/mol. The number of carboxylic acids is 4. The van der Waals surface area contributed by atoms with Crippen LogP contribution in [0.25, 0.3) is 0 Å². The lowest BCUT2D eigenvalue weighted by Gasteiger charge is -2.17. The van der Waals surface area contributed by atoms with Crippen LogP contribution >= 0.6 is 0 Å². The molecule has 0 aliphatic rings. The van der Waals surface area contributed by atoms with Crippen molar-refractivity contribution in [2.45, 2.75) is 44.7 Å². The van der Waals surface area contributed by atoms with Gasteiger partial charge in [0.05, 0.1) is 12.8 Å². The van der Waals surface area contributed by atoms with E-state index >= 15 is 0 Å². The molecule has 138 valence electrons. The van der Waals surface area contributed by atoms with Crippen molar-refractivity contribution >= 4 is 23.9 Å². The van der Waals surface area contributed by atoms with Gasteiger partial charge in [-0.05, 0) is 31.8 Å². The van der Waals surface area contributed by atoms with Crippen LogP contribution in [0.5, 0.6) is 0 Å². The van der Waals surface area contributed by atoms with Gasteiger partial charge in [-0.15, -0.1) is 0 Å². The van der Waals surface area contributed by atoms with E-state index in [-0.39, 0.29) is 5.92 Å². The Labute approximate surface area is 138 Å². The molecule has 10 heteroatoms. The Morgan fingerprint density at radius 1 is 0.833 bits per heavy atom. The highest BCUT2D eigenvalue weighted by Gasteiger charge is 2.21. The van der Waals surface area contributed by atoms with Crippen LogP contribution in [-0.4, -0.2) is 69.5 Å². The maximum Gasteiger partial charge on any atom is 0.321 e. The molecular formula is C14H24N2O8. The van der Waals surface area contributed by atoms with Crippen LogP contribution in [0.15, 0.2) is 0 Å². The van der Waals surface area contributed by atoms with Gasteiger partial charge in [0, 0.05) is 0 Å². The minimum Gasteiger partial charge on any atom is -0.481 e. The van der Waals surface area contributed by atoms with Crippen LogP contribution in [0.4, 0.5) is 0 Å². The summed E-state index contributed by atoms with van der Waals surface area (Å²) in [5.41, 5.74) is 0. The Kier molecular flexibility index (Phi) is 10.3. The van der Waals surface area contributed by atoms with Gasteiger partial charge in [-0.3, -0.25) is 19.2 Å². The molecule has 1 unspecified atom stereocenters. The lowest BCUT2D eigenvalue weighted by molar-refractivity contribution is -0.146. The Bertz CT molecular complexity index is 454. The van der Waals surface area contributed by atoms with E-state index < -0.39 is 48.8 Å². The van der Waals surface area contributed by atoms with Crippen molar-refractivity contribution in [2.75, 3.05) is 13.1 Å². The van der Waals surface area contributed by atoms with E-state index in [0.29, 0.717) is 25.9 Å². The van der Waals surface area contributed by atoms with Gasteiger partial charge in [-0.2, -0.15) is 0 Å². The maximum absolute atomic E-state index is 10.9. The van der Waals surface area contributed by atoms with Gasteiger partial charge >= 0.3 is 23.9 Å². The third-order valence-electron chi connectivity index (χ3n) is 3.33. The number of carboxylic acid groups (broad SMARTS) is 4. The van der Waals surface area contributed by atoms with E-state index in [1.807, 2.05) is 6.92 Å². The third-order valence-corrected chi connectivity index (χ3v) is 3.33. The van der Waals surface area contributed by atoms with Gasteiger partial charge in [-0.25, -0.2) is 0 Å². The molecule has 0 spiro atoms. The minimum atomic E-state index is -1.23. The fourth-order valence-corrected chi connectivity index (χ4v) is 2.02. The van der Waals surface area contributed by atoms with Gasteiger partial charge in [0.1, 0.15) is 12.1 Å². The van der Waals surface area contributed by atoms with Gasteiger partial charge in [0.15, 0.2) is 0 Å². The summed E-state index contributed by atoms with van der Waals surface area (Å²) in [6, 6.07) is -2.31. The van der Waals surface area contributed by atoms with E-state index in [2.05, 4.69) is 10.6 Å². The standard InChI is InChI=1S/C14H24N2O8/c1-8(7-16-10(14(23)24)6-12(19)20)3-2-4-15-9(13(21)22)5-11(17)18/h8-10,15-16H,2-7H2,1H3,(H,17,18)(H,19,20)(H,21,22)(H,23,24)/t8?,9-,10-/m0/s1. The number of hydrogen-bond donors (Lipinski definition) is 6. The third kappa shape index (κ3) is 10.5. The highest BCUT2D eigenvalue weighted by Crippen LogP contribution is 2.05. The van der Waals surface area contributed by atoms with E-state index in [1.54, 1.807) is 0 Å². The number of hydrogen-bond acceptors (Lipinski definition) is 6. The molecular weight excluding hydrogens is 324 g/mol. The molecule has 0 aliphatic carbocycles. The predicted molar refractivity (Wildman–Crippen MR) is 81.8 cm³/mol. The van der Waals surface area contributed by atoms with Gasteiger partial charge in [0.25, 0.3) is 0 Å². The van der Waals surface area contributed by atoms with Gasteiger partial charge in [0.2, 0.25) is 0 Å². The van der Waals surface area contributed by atoms with Crippen molar-refractivity contribution in [3.8, 4) is 0 Å². The Balaban J connectivity index is 4.06. The molecule has 0 aliphatic heterocycles. The Morgan fingerprint density at radius 2 is 1.29 bits per heavy atom. The second-order valence-corrected chi connectivity index (χ2v) is 5.59. The first-order chi connectivity index (χ1) is 11.1. The molecule has 3 atom stereocenters. The van der Waals surface area contributed by atoms with E-state index in [4.69, 9.17) is 20.4 Å². The lowest BCUT2D eigenvalue weighted by atomic mass is 10.0. The molecule has 0 radical (unpaired) electrons. The molecule has 24 heavy (non-hydrogen) atoms. The van der Waals surface area contributed by atoms with E-state index in [9.17, 15) is 19.2 Å². The molecule has 0 amide bonds. The molecule has 0 aromatic rings. The van der Waals surface area contributed by atoms with Crippen LogP contribution in [0.3, 0.4) is 0 Å². The minimum absolute atomic E-state index is 0.0465. The maximum atomic E-state index is 10.9. The summed E-state index contributed by atoms with van der Waals surface area (Å²) in [6.07, 6.45) is 0.183. The fraction of sp³-hybridized carbons (Fsp3) is 0.714. The molecule has 0 aromatic carbocycles. The summed E-state index contributed by atoms with van der Waals surface area (Å²) < 4.78 is 0. The highest BCUT2D eigenvalue weighted by atomic mass is 16.4. The molecule has 6 N–H and O–H groups in total. The fourth-order valence-electron chi connectivity index (χ4n) is 2.02. The van der Waals surface area contributed by atoms with Crippen LogP contribution in [0.2, 0.25) is 0 Å². The van der Waals surface area contributed by atoms with Crippen molar-refractivity contribution in [3.63, 3.8) is 0 Å². The normalized spacial score (nSPS) is 14.5. The zero-order chi connectivity index (χ0) is 18.7. The first kappa shape index (κ1) is 21.8. The first-order valence-electron chi connectivity index (χ1n) is 7.49. The summed E-state index contributed by atoms with van der Waals surface area (Å²) in [6.45, 7) is 2.46. The Morgan fingerprint density at radius 3 is 1.71 bits per heavy atom. The topological polar surface area (TPSA) is 173 Å². The molecule has 0 rings (SSSR count). The molecule has 0 heterocycles. The number of aliphatic carboxylic acids is 4. The van der Waals surface area contributed by atoms with Crippen LogP contribution in [0, 0.1) is 5.92 Å². The SMILES string of the molecule is CC(CCCN[C@@H](CC(=O)O)C(=O)O)CN[C@@H](CC(=O)O)C(=O)O. The van der Waals surface area contributed by atoms with Crippen molar-refractivity contribution in [3.05, 3.63) is 0 Å². The monoisotopic (exact) mass is 348 g/mol. The molecule has 0 fully saturated rings. The van der Waals surface area contributed by atoms with Crippen LogP contribution in [0.1, 0.15) is 32.6 Å². The summed E-state index contributed by atoms with van der Waals surface area (Å²) in [4.78, 5) is 42.8. The number of rotatable bonds is 14. The average Bonchev–Trinajstić information content (AvgIpc) is 2.45. The zero-order valence-electron chi connectivity index (χ0n) is 13.4. The van der Waals surface area contributed by atoms with Gasteiger partial charge in [-0.1, -0.05) is 6.92 Å². The molecule has 0 aromatic heterocycles. The largest absolute Gasteiger partial charge is 0.481 e. The van der Waals surface area contributed by atoms with Gasteiger partial charge < -0.3 is 31.1 Å². The van der Waals surface area contributed by atoms with E-state index in [1.165, 1.54) is 0 Å². The molecule has 0 bridgehead atoms. The summed E-state index contributed by atoms with van der Waals surface area (Å²) in [7, 11) is 0. The number of nitrogens with one attached hydrogen (secondary N) is 2. The van der Waals surface area contributed by atoms with Crippen molar-refractivity contribution in [1.29, 1.82) is 0 Å². The second kappa shape index (κ2) is 11.4. The zero-order valence-corrected chi connectivity index (χ0v) is 13.4. The van der Waals surface area contributed by atoms with E-state index in [0.717, 1.165) is 0 Å². The van der Waals surface area contributed by atoms with Crippen molar-refractivity contribution < 1.29 is 39.6 Å². The molecule has 0 saturated heterocycles. The van der Waals surface area contributed by atoms with Crippen molar-refractivity contribution in [1.82, 2.24) is 10.6 Å². The quantitative estimate of drug-likeness (QED) is 0.223. The lowest BCUT2D eigenvalue weighted by Crippen LogP contribution is -2.41. The van der Waals surface area contributed by atoms with Crippen LogP contribution < -0.4 is 10.6 Å². The smallest absolute Gasteiger partial charge is 0.321 e.